The van der Waals surface area contributed by atoms with Crippen LogP contribution in [0.1, 0.15) is 0 Å². The van der Waals surface area contributed by atoms with Crippen molar-refractivity contribution >= 4 is 43.6 Å². The van der Waals surface area contributed by atoms with Gasteiger partial charge in [-0.15, -0.1) is 0 Å². The van der Waals surface area contributed by atoms with Crippen molar-refractivity contribution in [1.82, 2.24) is 29.1 Å². The summed E-state index contributed by atoms with van der Waals surface area (Å²) in [4.78, 5) is 20.1. The number of aromatic nitrogens is 6. The number of fused-ring (bicyclic) bond motifs is 6. The van der Waals surface area contributed by atoms with Gasteiger partial charge in [0.1, 0.15) is 5.82 Å². The highest BCUT2D eigenvalue weighted by Crippen LogP contribution is 2.39. The Bertz CT molecular complexity index is 3200. The fourth-order valence-electron chi connectivity index (χ4n) is 7.98. The SMILES string of the molecule is c1ccc(-c2ccc(-c3nc(-c4ccccc4)nc(-c4ccc(-n5c6ccccc6c6cc7c8ccccc8n(-c8ccccc8)c7cc65)nc4)n3)cc2)cc1. The molecule has 0 amide bonds. The zero-order chi connectivity index (χ0) is 37.0. The second kappa shape index (κ2) is 13.0. The minimum absolute atomic E-state index is 0.566. The number of rotatable bonds is 6. The van der Waals surface area contributed by atoms with Crippen LogP contribution in [0.15, 0.2) is 194 Å². The highest BCUT2D eigenvalue weighted by molar-refractivity contribution is 6.19. The maximum atomic E-state index is 5.11. The van der Waals surface area contributed by atoms with E-state index in [2.05, 4.69) is 161 Å². The third kappa shape index (κ3) is 5.27. The first-order valence-corrected chi connectivity index (χ1v) is 18.7. The van der Waals surface area contributed by atoms with Gasteiger partial charge in [0.2, 0.25) is 0 Å². The van der Waals surface area contributed by atoms with Crippen molar-refractivity contribution in [2.24, 2.45) is 0 Å². The van der Waals surface area contributed by atoms with Crippen molar-refractivity contribution in [3.8, 4) is 56.8 Å². The van der Waals surface area contributed by atoms with Gasteiger partial charge in [-0.25, -0.2) is 19.9 Å². The highest BCUT2D eigenvalue weighted by atomic mass is 15.1. The fraction of sp³-hybridized carbons (Fsp3) is 0. The molecule has 0 saturated heterocycles. The smallest absolute Gasteiger partial charge is 0.165 e. The molecule has 0 N–H and O–H groups in total. The van der Waals surface area contributed by atoms with Crippen molar-refractivity contribution in [3.63, 3.8) is 0 Å². The third-order valence-electron chi connectivity index (χ3n) is 10.6. The van der Waals surface area contributed by atoms with Crippen molar-refractivity contribution in [2.45, 2.75) is 0 Å². The normalized spacial score (nSPS) is 11.6. The Kier molecular flexibility index (Phi) is 7.38. The van der Waals surface area contributed by atoms with Crippen LogP contribution in [0, 0.1) is 0 Å². The van der Waals surface area contributed by atoms with E-state index in [0.29, 0.717) is 17.5 Å². The minimum atomic E-state index is 0.566. The lowest BCUT2D eigenvalue weighted by Gasteiger charge is -2.11. The quantitative estimate of drug-likeness (QED) is 0.172. The van der Waals surface area contributed by atoms with Crippen LogP contribution in [0.5, 0.6) is 0 Å². The first kappa shape index (κ1) is 31.8. The van der Waals surface area contributed by atoms with Crippen LogP contribution in [0.3, 0.4) is 0 Å². The number of nitrogens with zero attached hydrogens (tertiary/aromatic N) is 6. The van der Waals surface area contributed by atoms with Crippen molar-refractivity contribution in [1.29, 1.82) is 0 Å². The van der Waals surface area contributed by atoms with Gasteiger partial charge in [-0.3, -0.25) is 4.57 Å². The van der Waals surface area contributed by atoms with Crippen LogP contribution in [0.4, 0.5) is 0 Å². The predicted molar refractivity (Wildman–Crippen MR) is 228 cm³/mol. The largest absolute Gasteiger partial charge is 0.309 e. The number of hydrogen-bond donors (Lipinski definition) is 0. The Balaban J connectivity index is 1.06. The summed E-state index contributed by atoms with van der Waals surface area (Å²) in [5.41, 5.74) is 10.6. The van der Waals surface area contributed by atoms with E-state index in [1.54, 1.807) is 0 Å². The van der Waals surface area contributed by atoms with Crippen LogP contribution >= 0.6 is 0 Å². The molecule has 0 saturated carbocycles. The average molecular weight is 717 g/mol. The van der Waals surface area contributed by atoms with Crippen LogP contribution < -0.4 is 0 Å². The van der Waals surface area contributed by atoms with Gasteiger partial charge >= 0.3 is 0 Å². The lowest BCUT2D eigenvalue weighted by atomic mass is 10.0. The molecule has 0 radical (unpaired) electrons. The fourth-order valence-corrected chi connectivity index (χ4v) is 7.98. The molecular weight excluding hydrogens is 685 g/mol. The lowest BCUT2D eigenvalue weighted by Crippen LogP contribution is -2.02. The number of benzene rings is 7. The summed E-state index contributed by atoms with van der Waals surface area (Å²) in [5.74, 6) is 2.60. The maximum Gasteiger partial charge on any atom is 0.165 e. The van der Waals surface area contributed by atoms with Crippen molar-refractivity contribution < 1.29 is 0 Å². The van der Waals surface area contributed by atoms with Crippen LogP contribution in [0.2, 0.25) is 0 Å². The van der Waals surface area contributed by atoms with Crippen LogP contribution in [-0.2, 0) is 0 Å². The summed E-state index contributed by atoms with van der Waals surface area (Å²) in [6, 6.07) is 65.4. The van der Waals surface area contributed by atoms with E-state index in [1.807, 2.05) is 42.6 Å². The van der Waals surface area contributed by atoms with Crippen LogP contribution in [-0.4, -0.2) is 29.1 Å². The molecule has 0 aliphatic carbocycles. The van der Waals surface area contributed by atoms with Gasteiger partial charge in [0.15, 0.2) is 17.5 Å². The Morgan fingerprint density at radius 1 is 0.304 bits per heavy atom. The van der Waals surface area contributed by atoms with Crippen LogP contribution in [0.25, 0.3) is 100 Å². The van der Waals surface area contributed by atoms with Gasteiger partial charge in [-0.1, -0.05) is 140 Å². The molecule has 4 heterocycles. The number of para-hydroxylation sites is 3. The van der Waals surface area contributed by atoms with Crippen molar-refractivity contribution in [2.75, 3.05) is 0 Å². The molecule has 0 unspecified atom stereocenters. The third-order valence-corrected chi connectivity index (χ3v) is 10.6. The molecule has 7 aromatic carbocycles. The molecular formula is C50H32N6. The van der Waals surface area contributed by atoms with E-state index in [1.165, 1.54) is 27.1 Å². The zero-order valence-corrected chi connectivity index (χ0v) is 30.2. The Hall–Kier alpha value is -7.70. The molecule has 11 aromatic rings. The predicted octanol–water partition coefficient (Wildman–Crippen LogP) is 12.1. The molecule has 0 bridgehead atoms. The van der Waals surface area contributed by atoms with Gasteiger partial charge in [0.05, 0.1) is 22.1 Å². The summed E-state index contributed by atoms with van der Waals surface area (Å²) in [7, 11) is 0. The molecule has 6 nitrogen and oxygen atoms in total. The molecule has 56 heavy (non-hydrogen) atoms. The first-order valence-electron chi connectivity index (χ1n) is 18.7. The number of hydrogen-bond acceptors (Lipinski definition) is 4. The van der Waals surface area contributed by atoms with Gasteiger partial charge in [-0.2, -0.15) is 0 Å². The van der Waals surface area contributed by atoms with Gasteiger partial charge < -0.3 is 4.57 Å². The molecule has 0 aliphatic rings. The topological polar surface area (TPSA) is 61.4 Å². The van der Waals surface area contributed by atoms with Crippen molar-refractivity contribution in [3.05, 3.63) is 194 Å². The Morgan fingerprint density at radius 3 is 1.36 bits per heavy atom. The highest BCUT2D eigenvalue weighted by Gasteiger charge is 2.19. The summed E-state index contributed by atoms with van der Waals surface area (Å²) in [5, 5.41) is 4.81. The number of pyridine rings is 1. The van der Waals surface area contributed by atoms with Gasteiger partial charge in [0.25, 0.3) is 0 Å². The molecule has 4 aromatic heterocycles. The zero-order valence-electron chi connectivity index (χ0n) is 30.2. The maximum absolute atomic E-state index is 5.11. The Labute approximate surface area is 322 Å². The van der Waals surface area contributed by atoms with Gasteiger partial charge in [0, 0.05) is 50.1 Å². The molecule has 0 fully saturated rings. The summed E-state index contributed by atoms with van der Waals surface area (Å²) < 4.78 is 4.63. The van der Waals surface area contributed by atoms with E-state index in [-0.39, 0.29) is 0 Å². The first-order chi connectivity index (χ1) is 27.8. The monoisotopic (exact) mass is 716 g/mol. The molecule has 0 spiro atoms. The van der Waals surface area contributed by atoms with Gasteiger partial charge in [-0.05, 0) is 59.7 Å². The molecule has 0 atom stereocenters. The Morgan fingerprint density at radius 2 is 0.750 bits per heavy atom. The second-order valence-corrected chi connectivity index (χ2v) is 13.9. The molecule has 262 valence electrons. The summed E-state index contributed by atoms with van der Waals surface area (Å²) >= 11 is 0. The molecule has 11 rings (SSSR count). The average Bonchev–Trinajstić information content (AvgIpc) is 3.78. The standard InChI is InChI=1S/C50H32N6/c1-4-14-33(15-5-1)34-24-26-36(27-25-34)49-52-48(35-16-6-2-7-17-35)53-50(54-49)37-28-29-47(51-32-37)56-44-23-13-11-21-40(44)42-30-41-39-20-10-12-22-43(39)55(45(41)31-46(42)56)38-18-8-3-9-19-38/h1-32H. The lowest BCUT2D eigenvalue weighted by molar-refractivity contribution is 1.05. The second-order valence-electron chi connectivity index (χ2n) is 13.9. The van der Waals surface area contributed by atoms with E-state index < -0.39 is 0 Å². The molecule has 6 heteroatoms. The molecule has 0 aliphatic heterocycles. The van der Waals surface area contributed by atoms with E-state index in [0.717, 1.165) is 55.9 Å². The van der Waals surface area contributed by atoms with E-state index >= 15 is 0 Å². The summed E-state index contributed by atoms with van der Waals surface area (Å²) in [6.45, 7) is 0. The summed E-state index contributed by atoms with van der Waals surface area (Å²) in [6.07, 6.45) is 1.88. The minimum Gasteiger partial charge on any atom is -0.309 e. The van der Waals surface area contributed by atoms with E-state index in [4.69, 9.17) is 19.9 Å². The van der Waals surface area contributed by atoms with E-state index in [9.17, 15) is 0 Å².